The van der Waals surface area contributed by atoms with Crippen LogP contribution in [0.15, 0.2) is 18.5 Å². The van der Waals surface area contributed by atoms with Gasteiger partial charge < -0.3 is 11.1 Å². The Hall–Kier alpha value is -2.24. The number of aromatic nitrogens is 2. The third-order valence-electron chi connectivity index (χ3n) is 2.98. The average Bonchev–Trinajstić information content (AvgIpc) is 2.40. The Kier molecular flexibility index (Phi) is 4.12. The number of rotatable bonds is 4. The summed E-state index contributed by atoms with van der Waals surface area (Å²) in [7, 11) is 0. The van der Waals surface area contributed by atoms with E-state index in [1.54, 1.807) is 0 Å². The van der Waals surface area contributed by atoms with Crippen LogP contribution in [-0.2, 0) is 6.42 Å². The molecule has 2 aromatic rings. The summed E-state index contributed by atoms with van der Waals surface area (Å²) in [6.07, 6.45) is 2.79. The van der Waals surface area contributed by atoms with Crippen LogP contribution < -0.4 is 11.1 Å². The highest BCUT2D eigenvalue weighted by atomic mass is 19.1. The predicted octanol–water partition coefficient (Wildman–Crippen LogP) is 3.34. The van der Waals surface area contributed by atoms with Gasteiger partial charge in [0.15, 0.2) is 0 Å². The first-order valence-electron chi connectivity index (χ1n) is 6.35. The van der Waals surface area contributed by atoms with Gasteiger partial charge in [0, 0.05) is 11.6 Å². The summed E-state index contributed by atoms with van der Waals surface area (Å²) in [6, 6.07) is 2.25. The standard InChI is InChI=1S/C14H16F2N4/c1-3-4-9-13(17)18-7-19-14(9)20-12-6-10(15)8(2)5-11(12)16/h5-7H,3-4H2,1-2H3,(H3,17,18,19,20). The maximum Gasteiger partial charge on any atom is 0.147 e. The summed E-state index contributed by atoms with van der Waals surface area (Å²) < 4.78 is 27.4. The van der Waals surface area contributed by atoms with Gasteiger partial charge in [0.2, 0.25) is 0 Å². The van der Waals surface area contributed by atoms with Crippen LogP contribution >= 0.6 is 0 Å². The minimum absolute atomic E-state index is 0.0311. The SMILES string of the molecule is CCCc1c(N)ncnc1Nc1cc(F)c(C)cc1F. The third kappa shape index (κ3) is 2.84. The molecule has 1 aromatic carbocycles. The Morgan fingerprint density at radius 1 is 1.20 bits per heavy atom. The monoisotopic (exact) mass is 278 g/mol. The second-order valence-corrected chi connectivity index (χ2v) is 4.54. The van der Waals surface area contributed by atoms with Gasteiger partial charge in [-0.1, -0.05) is 13.3 Å². The summed E-state index contributed by atoms with van der Waals surface area (Å²) in [6.45, 7) is 3.50. The van der Waals surface area contributed by atoms with Gasteiger partial charge in [-0.25, -0.2) is 18.7 Å². The van der Waals surface area contributed by atoms with Crippen LogP contribution in [0.25, 0.3) is 0 Å². The molecule has 20 heavy (non-hydrogen) atoms. The Morgan fingerprint density at radius 2 is 1.95 bits per heavy atom. The number of hydrogen-bond donors (Lipinski definition) is 2. The second-order valence-electron chi connectivity index (χ2n) is 4.54. The number of nitrogen functional groups attached to an aromatic ring is 1. The lowest BCUT2D eigenvalue weighted by Crippen LogP contribution is -2.06. The van der Waals surface area contributed by atoms with Crippen molar-refractivity contribution in [1.82, 2.24) is 9.97 Å². The van der Waals surface area contributed by atoms with Crippen LogP contribution in [0.4, 0.5) is 26.1 Å². The van der Waals surface area contributed by atoms with E-state index in [-0.39, 0.29) is 11.3 Å². The first-order chi connectivity index (χ1) is 9.52. The van der Waals surface area contributed by atoms with Crippen molar-refractivity contribution in [2.75, 3.05) is 11.1 Å². The topological polar surface area (TPSA) is 63.8 Å². The van der Waals surface area contributed by atoms with Crippen LogP contribution in [-0.4, -0.2) is 9.97 Å². The molecule has 0 aliphatic carbocycles. The van der Waals surface area contributed by atoms with Crippen molar-refractivity contribution in [2.24, 2.45) is 0 Å². The van der Waals surface area contributed by atoms with E-state index in [9.17, 15) is 8.78 Å². The van der Waals surface area contributed by atoms with Gasteiger partial charge in [0.1, 0.15) is 29.6 Å². The summed E-state index contributed by atoms with van der Waals surface area (Å²) in [5.74, 6) is -0.268. The Labute approximate surface area is 116 Å². The highest BCUT2D eigenvalue weighted by molar-refractivity contribution is 5.64. The van der Waals surface area contributed by atoms with E-state index in [2.05, 4.69) is 15.3 Å². The lowest BCUT2D eigenvalue weighted by atomic mass is 10.1. The number of aryl methyl sites for hydroxylation is 1. The van der Waals surface area contributed by atoms with Crippen LogP contribution in [0.3, 0.4) is 0 Å². The van der Waals surface area contributed by atoms with E-state index < -0.39 is 11.6 Å². The maximum atomic E-state index is 13.8. The first kappa shape index (κ1) is 14.2. The molecule has 0 atom stereocenters. The van der Waals surface area contributed by atoms with Crippen LogP contribution in [0.5, 0.6) is 0 Å². The minimum atomic E-state index is -0.538. The van der Waals surface area contributed by atoms with Crippen molar-refractivity contribution in [3.63, 3.8) is 0 Å². The molecule has 6 heteroatoms. The number of nitrogens with zero attached hydrogens (tertiary/aromatic N) is 2. The van der Waals surface area contributed by atoms with Gasteiger partial charge in [0.05, 0.1) is 5.69 Å². The van der Waals surface area contributed by atoms with E-state index in [4.69, 9.17) is 5.73 Å². The highest BCUT2D eigenvalue weighted by Crippen LogP contribution is 2.26. The fourth-order valence-electron chi connectivity index (χ4n) is 1.90. The van der Waals surface area contributed by atoms with E-state index in [1.165, 1.54) is 13.3 Å². The van der Waals surface area contributed by atoms with Gasteiger partial charge in [0.25, 0.3) is 0 Å². The zero-order valence-corrected chi connectivity index (χ0v) is 11.4. The highest BCUT2D eigenvalue weighted by Gasteiger charge is 2.12. The molecular weight excluding hydrogens is 262 g/mol. The quantitative estimate of drug-likeness (QED) is 0.900. The minimum Gasteiger partial charge on any atom is -0.383 e. The molecule has 0 amide bonds. The summed E-state index contributed by atoms with van der Waals surface area (Å²) >= 11 is 0. The van der Waals surface area contributed by atoms with E-state index >= 15 is 0 Å². The fourth-order valence-corrected chi connectivity index (χ4v) is 1.90. The van der Waals surface area contributed by atoms with Crippen molar-refractivity contribution in [1.29, 1.82) is 0 Å². The molecule has 0 fully saturated rings. The van der Waals surface area contributed by atoms with Gasteiger partial charge in [-0.3, -0.25) is 0 Å². The number of nitrogens with two attached hydrogens (primary N) is 1. The van der Waals surface area contributed by atoms with Gasteiger partial charge in [-0.2, -0.15) is 0 Å². The largest absolute Gasteiger partial charge is 0.383 e. The summed E-state index contributed by atoms with van der Waals surface area (Å²) in [4.78, 5) is 7.97. The molecule has 0 unspecified atom stereocenters. The maximum absolute atomic E-state index is 13.8. The van der Waals surface area contributed by atoms with Crippen molar-refractivity contribution < 1.29 is 8.78 Å². The van der Waals surface area contributed by atoms with Crippen molar-refractivity contribution >= 4 is 17.3 Å². The molecule has 0 saturated carbocycles. The van der Waals surface area contributed by atoms with Crippen molar-refractivity contribution in [2.45, 2.75) is 26.7 Å². The smallest absolute Gasteiger partial charge is 0.147 e. The molecule has 4 nitrogen and oxygen atoms in total. The molecule has 1 aromatic heterocycles. The molecule has 2 rings (SSSR count). The molecule has 0 radical (unpaired) electrons. The number of hydrogen-bond acceptors (Lipinski definition) is 4. The number of nitrogens with one attached hydrogen (secondary N) is 1. The van der Waals surface area contributed by atoms with E-state index in [0.717, 1.165) is 18.6 Å². The number of halogens is 2. The lowest BCUT2D eigenvalue weighted by molar-refractivity contribution is 0.595. The summed E-state index contributed by atoms with van der Waals surface area (Å²) in [5.41, 5.74) is 6.78. The zero-order chi connectivity index (χ0) is 14.7. The molecular formula is C14H16F2N4. The predicted molar refractivity (Wildman–Crippen MR) is 74.8 cm³/mol. The first-order valence-corrected chi connectivity index (χ1v) is 6.35. The van der Waals surface area contributed by atoms with Gasteiger partial charge >= 0.3 is 0 Å². The third-order valence-corrected chi connectivity index (χ3v) is 2.98. The normalized spacial score (nSPS) is 10.6. The Balaban J connectivity index is 2.40. The summed E-state index contributed by atoms with van der Waals surface area (Å²) in [5, 5.41) is 2.79. The Bertz CT molecular complexity index is 629. The Morgan fingerprint density at radius 3 is 2.65 bits per heavy atom. The molecule has 0 spiro atoms. The van der Waals surface area contributed by atoms with Crippen molar-refractivity contribution in [3.8, 4) is 0 Å². The molecule has 0 aliphatic rings. The molecule has 0 bridgehead atoms. The molecule has 3 N–H and O–H groups in total. The number of benzene rings is 1. The van der Waals surface area contributed by atoms with Gasteiger partial charge in [-0.15, -0.1) is 0 Å². The average molecular weight is 278 g/mol. The van der Waals surface area contributed by atoms with Crippen LogP contribution in [0.1, 0.15) is 24.5 Å². The second kappa shape index (κ2) is 5.81. The van der Waals surface area contributed by atoms with Crippen molar-refractivity contribution in [3.05, 3.63) is 41.2 Å². The van der Waals surface area contributed by atoms with E-state index in [1.807, 2.05) is 6.92 Å². The number of anilines is 3. The van der Waals surface area contributed by atoms with Gasteiger partial charge in [-0.05, 0) is 25.0 Å². The molecule has 106 valence electrons. The van der Waals surface area contributed by atoms with E-state index in [0.29, 0.717) is 23.6 Å². The molecule has 1 heterocycles. The fraction of sp³-hybridized carbons (Fsp3) is 0.286. The zero-order valence-electron chi connectivity index (χ0n) is 11.4. The van der Waals surface area contributed by atoms with Crippen LogP contribution in [0, 0.1) is 18.6 Å². The lowest BCUT2D eigenvalue weighted by Gasteiger charge is -2.13. The van der Waals surface area contributed by atoms with Crippen LogP contribution in [0.2, 0.25) is 0 Å². The molecule has 0 aliphatic heterocycles. The molecule has 0 saturated heterocycles.